The van der Waals surface area contributed by atoms with Crippen molar-refractivity contribution in [2.24, 2.45) is 0 Å². The van der Waals surface area contributed by atoms with E-state index >= 15 is 0 Å². The van der Waals surface area contributed by atoms with Gasteiger partial charge >= 0.3 is 0 Å². The fourth-order valence-electron chi connectivity index (χ4n) is 2.47. The zero-order valence-electron chi connectivity index (χ0n) is 12.1. The topological polar surface area (TPSA) is 39.4 Å². The largest absolute Gasteiger partial charge is 0.457 e. The summed E-state index contributed by atoms with van der Waals surface area (Å²) >= 11 is 6.10. The van der Waals surface area contributed by atoms with Crippen LogP contribution in [0.1, 0.15) is 0 Å². The fourth-order valence-corrected chi connectivity index (χ4v) is 2.67. The summed E-state index contributed by atoms with van der Waals surface area (Å²) in [7, 11) is 0. The second-order valence-corrected chi connectivity index (χ2v) is 5.32. The molecule has 0 unspecified atom stereocenters. The molecule has 2 aromatic heterocycles. The predicted molar refractivity (Wildman–Crippen MR) is 89.9 cm³/mol. The highest BCUT2D eigenvalue weighted by molar-refractivity contribution is 6.32. The second kappa shape index (κ2) is 5.74. The van der Waals surface area contributed by atoms with E-state index in [1.807, 2.05) is 65.2 Å². The van der Waals surface area contributed by atoms with Crippen LogP contribution in [0.2, 0.25) is 5.15 Å². The van der Waals surface area contributed by atoms with Crippen molar-refractivity contribution in [3.8, 4) is 22.8 Å². The van der Waals surface area contributed by atoms with Crippen LogP contribution in [0.25, 0.3) is 16.9 Å². The standard InChI is InChI=1S/C18H12ClN3O/c19-17-18-21-12-15(22(18)11-10-20-17)14-8-4-5-9-16(14)23-13-6-2-1-3-7-13/h1-12H. The third-order valence-corrected chi connectivity index (χ3v) is 3.79. The average Bonchev–Trinajstić information content (AvgIpc) is 3.02. The number of para-hydroxylation sites is 2. The number of aromatic nitrogens is 3. The van der Waals surface area contributed by atoms with Crippen molar-refractivity contribution in [2.75, 3.05) is 0 Å². The third-order valence-electron chi connectivity index (χ3n) is 3.52. The van der Waals surface area contributed by atoms with Crippen LogP contribution in [0, 0.1) is 0 Å². The lowest BCUT2D eigenvalue weighted by atomic mass is 10.1. The van der Waals surface area contributed by atoms with Crippen LogP contribution in [-0.2, 0) is 0 Å². The first-order valence-electron chi connectivity index (χ1n) is 7.13. The summed E-state index contributed by atoms with van der Waals surface area (Å²) in [4.78, 5) is 8.41. The van der Waals surface area contributed by atoms with E-state index in [9.17, 15) is 0 Å². The van der Waals surface area contributed by atoms with Crippen molar-refractivity contribution < 1.29 is 4.74 Å². The molecule has 0 atom stereocenters. The van der Waals surface area contributed by atoms with Gasteiger partial charge in [-0.05, 0) is 24.3 Å². The van der Waals surface area contributed by atoms with E-state index in [-0.39, 0.29) is 0 Å². The smallest absolute Gasteiger partial charge is 0.175 e. The zero-order valence-corrected chi connectivity index (χ0v) is 12.8. The first kappa shape index (κ1) is 13.8. The summed E-state index contributed by atoms with van der Waals surface area (Å²) < 4.78 is 7.93. The van der Waals surface area contributed by atoms with Gasteiger partial charge in [0, 0.05) is 18.0 Å². The number of hydrogen-bond acceptors (Lipinski definition) is 3. The number of hydrogen-bond donors (Lipinski definition) is 0. The molecule has 4 nitrogen and oxygen atoms in total. The zero-order chi connectivity index (χ0) is 15.6. The normalized spacial score (nSPS) is 10.8. The Balaban J connectivity index is 1.84. The molecule has 4 aromatic rings. The Morgan fingerprint density at radius 3 is 2.57 bits per heavy atom. The first-order chi connectivity index (χ1) is 11.3. The molecule has 0 saturated heterocycles. The summed E-state index contributed by atoms with van der Waals surface area (Å²) in [6.45, 7) is 0. The van der Waals surface area contributed by atoms with Crippen LogP contribution < -0.4 is 4.74 Å². The van der Waals surface area contributed by atoms with Gasteiger partial charge in [0.1, 0.15) is 11.5 Å². The minimum atomic E-state index is 0.375. The fraction of sp³-hybridized carbons (Fsp3) is 0. The quantitative estimate of drug-likeness (QED) is 0.542. The summed E-state index contributed by atoms with van der Waals surface area (Å²) in [5.74, 6) is 1.54. The molecule has 2 heterocycles. The van der Waals surface area contributed by atoms with E-state index in [1.165, 1.54) is 0 Å². The van der Waals surface area contributed by atoms with E-state index in [0.29, 0.717) is 10.8 Å². The van der Waals surface area contributed by atoms with Gasteiger partial charge in [-0.1, -0.05) is 41.9 Å². The second-order valence-electron chi connectivity index (χ2n) is 4.97. The van der Waals surface area contributed by atoms with Crippen LogP contribution in [0.15, 0.2) is 73.2 Å². The van der Waals surface area contributed by atoms with Crippen molar-refractivity contribution in [1.82, 2.24) is 14.4 Å². The molecule has 0 fully saturated rings. The maximum atomic E-state index is 6.10. The molecule has 0 aliphatic carbocycles. The van der Waals surface area contributed by atoms with E-state index in [0.717, 1.165) is 22.8 Å². The number of imidazole rings is 1. The van der Waals surface area contributed by atoms with E-state index in [2.05, 4.69) is 9.97 Å². The molecule has 2 aromatic carbocycles. The number of rotatable bonds is 3. The maximum absolute atomic E-state index is 6.10. The average molecular weight is 322 g/mol. The van der Waals surface area contributed by atoms with Gasteiger partial charge in [0.2, 0.25) is 0 Å². The molecule has 0 N–H and O–H groups in total. The predicted octanol–water partition coefficient (Wildman–Crippen LogP) is 4.84. The van der Waals surface area contributed by atoms with Gasteiger partial charge in [-0.3, -0.25) is 4.40 Å². The lowest BCUT2D eigenvalue weighted by molar-refractivity contribution is 0.484. The summed E-state index contributed by atoms with van der Waals surface area (Å²) in [5, 5.41) is 0.375. The van der Waals surface area contributed by atoms with Gasteiger partial charge in [0.25, 0.3) is 0 Å². The molecule has 0 aliphatic heterocycles. The van der Waals surface area contributed by atoms with Crippen molar-refractivity contribution in [1.29, 1.82) is 0 Å². The van der Waals surface area contributed by atoms with Crippen LogP contribution in [0.4, 0.5) is 0 Å². The van der Waals surface area contributed by atoms with Crippen molar-refractivity contribution in [3.63, 3.8) is 0 Å². The number of nitrogens with zero attached hydrogens (tertiary/aromatic N) is 3. The Kier molecular flexibility index (Phi) is 3.44. The molecule has 0 aliphatic rings. The SMILES string of the molecule is Clc1nccn2c(-c3ccccc3Oc3ccccc3)cnc12. The summed E-state index contributed by atoms with van der Waals surface area (Å²) in [6.07, 6.45) is 5.26. The Labute approximate surface area is 138 Å². The van der Waals surface area contributed by atoms with E-state index in [4.69, 9.17) is 16.3 Å². The highest BCUT2D eigenvalue weighted by Gasteiger charge is 2.13. The summed E-state index contributed by atoms with van der Waals surface area (Å²) in [6, 6.07) is 17.5. The van der Waals surface area contributed by atoms with Crippen molar-refractivity contribution >= 4 is 17.2 Å². The molecule has 23 heavy (non-hydrogen) atoms. The molecular weight excluding hydrogens is 310 g/mol. The van der Waals surface area contributed by atoms with Crippen molar-refractivity contribution in [2.45, 2.75) is 0 Å². The van der Waals surface area contributed by atoms with Crippen LogP contribution in [0.3, 0.4) is 0 Å². The highest BCUT2D eigenvalue weighted by atomic mass is 35.5. The van der Waals surface area contributed by atoms with E-state index < -0.39 is 0 Å². The molecule has 0 bridgehead atoms. The molecule has 0 spiro atoms. The number of halogens is 1. The molecule has 0 saturated carbocycles. The first-order valence-corrected chi connectivity index (χ1v) is 7.50. The van der Waals surface area contributed by atoms with Crippen LogP contribution in [-0.4, -0.2) is 14.4 Å². The maximum Gasteiger partial charge on any atom is 0.175 e. The Bertz CT molecular complexity index is 966. The molecule has 112 valence electrons. The van der Waals surface area contributed by atoms with Crippen molar-refractivity contribution in [3.05, 3.63) is 78.3 Å². The van der Waals surface area contributed by atoms with Crippen LogP contribution in [0.5, 0.6) is 11.5 Å². The summed E-state index contributed by atoms with van der Waals surface area (Å²) in [5.41, 5.74) is 2.46. The van der Waals surface area contributed by atoms with Gasteiger partial charge in [-0.25, -0.2) is 9.97 Å². The minimum Gasteiger partial charge on any atom is -0.457 e. The Morgan fingerprint density at radius 2 is 1.70 bits per heavy atom. The molecule has 0 radical (unpaired) electrons. The van der Waals surface area contributed by atoms with E-state index in [1.54, 1.807) is 12.4 Å². The minimum absolute atomic E-state index is 0.375. The number of fused-ring (bicyclic) bond motifs is 1. The molecular formula is C18H12ClN3O. The number of benzene rings is 2. The van der Waals surface area contributed by atoms with Crippen LogP contribution >= 0.6 is 11.6 Å². The Morgan fingerprint density at radius 1 is 0.913 bits per heavy atom. The molecule has 5 heteroatoms. The van der Waals surface area contributed by atoms with Gasteiger partial charge in [0.15, 0.2) is 10.8 Å². The third kappa shape index (κ3) is 2.53. The van der Waals surface area contributed by atoms with Gasteiger partial charge < -0.3 is 4.74 Å². The lowest BCUT2D eigenvalue weighted by Gasteiger charge is -2.11. The Hall–Kier alpha value is -2.85. The highest BCUT2D eigenvalue weighted by Crippen LogP contribution is 2.33. The molecule has 0 amide bonds. The molecule has 4 rings (SSSR count). The van der Waals surface area contributed by atoms with Gasteiger partial charge in [0.05, 0.1) is 11.9 Å². The number of ether oxygens (including phenoxy) is 1. The lowest BCUT2D eigenvalue weighted by Crippen LogP contribution is -1.93. The monoisotopic (exact) mass is 321 g/mol. The van der Waals surface area contributed by atoms with Gasteiger partial charge in [-0.2, -0.15) is 0 Å². The van der Waals surface area contributed by atoms with Gasteiger partial charge in [-0.15, -0.1) is 0 Å².